The topological polar surface area (TPSA) is 133 Å². The highest BCUT2D eigenvalue weighted by molar-refractivity contribution is 7.89. The summed E-state index contributed by atoms with van der Waals surface area (Å²) >= 11 is 0. The number of hydrogen-bond donors (Lipinski definition) is 4. The second-order valence-electron chi connectivity index (χ2n) is 10.6. The van der Waals surface area contributed by atoms with Crippen molar-refractivity contribution < 1.29 is 35.9 Å². The maximum atomic E-state index is 13.1. The predicted octanol–water partition coefficient (Wildman–Crippen LogP) is 5.42. The van der Waals surface area contributed by atoms with Crippen molar-refractivity contribution in [1.82, 2.24) is 14.7 Å². The standard InChI is InChI=1S/C26H32FN5O2S.C2HF3O2/c27-21-11-13-22(14-12-21)35(33,34)30-17-20-9-7-19(8-10-20)16-29-26-31-24-4-2-1-3-23(24)25(32-26)28-15-18-5-6-18;3-2(4,5)1(6)7/h1-4,11-14,18-20,30H,5-10,15-17H2,(H2,28,29,31,32);(H,6,7). The first-order chi connectivity index (χ1) is 19.9. The number of carboxylic acids is 1. The van der Waals surface area contributed by atoms with Gasteiger partial charge in [0.15, 0.2) is 0 Å². The lowest BCUT2D eigenvalue weighted by molar-refractivity contribution is -0.192. The maximum absolute atomic E-state index is 13.1. The smallest absolute Gasteiger partial charge is 0.475 e. The van der Waals surface area contributed by atoms with Gasteiger partial charge in [-0.3, -0.25) is 0 Å². The third-order valence-electron chi connectivity index (χ3n) is 7.30. The number of fused-ring (bicyclic) bond motifs is 1. The molecule has 0 radical (unpaired) electrons. The number of aliphatic carboxylic acids is 1. The molecule has 0 atom stereocenters. The molecule has 2 fully saturated rings. The fraction of sp³-hybridized carbons (Fsp3) is 0.464. The molecule has 228 valence electrons. The molecule has 1 heterocycles. The Hall–Kier alpha value is -3.52. The molecular weight excluding hydrogens is 578 g/mol. The number of nitrogens with one attached hydrogen (secondary N) is 3. The normalized spacial score (nSPS) is 19.0. The second-order valence-corrected chi connectivity index (χ2v) is 12.4. The highest BCUT2D eigenvalue weighted by Crippen LogP contribution is 2.31. The summed E-state index contributed by atoms with van der Waals surface area (Å²) in [6.45, 7) is 2.16. The number of para-hydroxylation sites is 1. The van der Waals surface area contributed by atoms with Crippen molar-refractivity contribution in [2.24, 2.45) is 17.8 Å². The van der Waals surface area contributed by atoms with Gasteiger partial charge >= 0.3 is 12.1 Å². The van der Waals surface area contributed by atoms with Crippen LogP contribution in [0.15, 0.2) is 53.4 Å². The Bertz CT molecular complexity index is 1460. The van der Waals surface area contributed by atoms with E-state index >= 15 is 0 Å². The average molecular weight is 612 g/mol. The van der Waals surface area contributed by atoms with Crippen molar-refractivity contribution in [3.8, 4) is 0 Å². The van der Waals surface area contributed by atoms with Gasteiger partial charge in [-0.25, -0.2) is 27.3 Å². The number of nitrogens with zero attached hydrogens (tertiary/aromatic N) is 2. The van der Waals surface area contributed by atoms with E-state index in [4.69, 9.17) is 19.9 Å². The molecule has 2 aliphatic rings. The van der Waals surface area contributed by atoms with Gasteiger partial charge in [0.25, 0.3) is 0 Å². The first kappa shape index (κ1) is 31.4. The Labute approximate surface area is 241 Å². The lowest BCUT2D eigenvalue weighted by atomic mass is 9.82. The quantitative estimate of drug-likeness (QED) is 0.224. The number of halogens is 4. The molecule has 0 amide bonds. The molecular formula is C28H33F4N5O4S. The molecule has 5 rings (SSSR count). The van der Waals surface area contributed by atoms with E-state index in [9.17, 15) is 26.0 Å². The van der Waals surface area contributed by atoms with Gasteiger partial charge in [0, 0.05) is 25.0 Å². The van der Waals surface area contributed by atoms with Crippen molar-refractivity contribution in [2.45, 2.75) is 49.6 Å². The van der Waals surface area contributed by atoms with E-state index in [1.807, 2.05) is 18.2 Å². The van der Waals surface area contributed by atoms with Gasteiger partial charge in [-0.1, -0.05) is 12.1 Å². The molecule has 9 nitrogen and oxygen atoms in total. The fourth-order valence-corrected chi connectivity index (χ4v) is 5.77. The molecule has 0 aliphatic heterocycles. The van der Waals surface area contributed by atoms with Crippen molar-refractivity contribution >= 4 is 38.7 Å². The number of sulfonamides is 1. The summed E-state index contributed by atoms with van der Waals surface area (Å²) in [4.78, 5) is 18.5. The number of alkyl halides is 3. The highest BCUT2D eigenvalue weighted by Gasteiger charge is 2.38. The summed E-state index contributed by atoms with van der Waals surface area (Å²) in [5.41, 5.74) is 0.931. The zero-order chi connectivity index (χ0) is 30.3. The molecule has 4 N–H and O–H groups in total. The SMILES string of the molecule is O=C(O)C(F)(F)F.O=S(=O)(NCC1CCC(CNc2nc(NCC3CC3)c3ccccc3n2)CC1)c1ccc(F)cc1. The first-order valence-electron chi connectivity index (χ1n) is 13.7. The van der Waals surface area contributed by atoms with Crippen LogP contribution < -0.4 is 15.4 Å². The van der Waals surface area contributed by atoms with E-state index < -0.39 is 28.0 Å². The second kappa shape index (κ2) is 13.6. The molecule has 2 aliphatic carbocycles. The van der Waals surface area contributed by atoms with E-state index in [0.717, 1.165) is 73.5 Å². The van der Waals surface area contributed by atoms with Gasteiger partial charge in [0.2, 0.25) is 16.0 Å². The van der Waals surface area contributed by atoms with Crippen molar-refractivity contribution in [1.29, 1.82) is 0 Å². The Morgan fingerprint density at radius 2 is 1.36 bits per heavy atom. The Morgan fingerprint density at radius 3 is 1.93 bits per heavy atom. The van der Waals surface area contributed by atoms with Crippen LogP contribution in [-0.2, 0) is 14.8 Å². The number of benzene rings is 2. The number of aromatic nitrogens is 2. The molecule has 1 aromatic heterocycles. The van der Waals surface area contributed by atoms with Crippen molar-refractivity contribution in [3.63, 3.8) is 0 Å². The molecule has 2 aromatic carbocycles. The molecule has 0 saturated heterocycles. The third-order valence-corrected chi connectivity index (χ3v) is 8.74. The van der Waals surface area contributed by atoms with Gasteiger partial charge in [-0.05, 0) is 92.7 Å². The molecule has 0 spiro atoms. The fourth-order valence-electron chi connectivity index (χ4n) is 4.65. The highest BCUT2D eigenvalue weighted by atomic mass is 32.2. The van der Waals surface area contributed by atoms with E-state index in [2.05, 4.69) is 21.4 Å². The lowest BCUT2D eigenvalue weighted by Gasteiger charge is -2.28. The summed E-state index contributed by atoms with van der Waals surface area (Å²) in [7, 11) is -3.62. The Kier molecular flexibility index (Phi) is 10.2. The van der Waals surface area contributed by atoms with E-state index in [1.165, 1.54) is 25.0 Å². The molecule has 14 heteroatoms. The van der Waals surface area contributed by atoms with Crippen LogP contribution in [0.25, 0.3) is 10.9 Å². The monoisotopic (exact) mass is 611 g/mol. The van der Waals surface area contributed by atoms with Gasteiger partial charge in [0.1, 0.15) is 11.6 Å². The molecule has 0 bridgehead atoms. The largest absolute Gasteiger partial charge is 0.490 e. The Balaban J connectivity index is 0.000000517. The van der Waals surface area contributed by atoms with E-state index in [-0.39, 0.29) is 4.90 Å². The molecule has 42 heavy (non-hydrogen) atoms. The average Bonchev–Trinajstić information content (AvgIpc) is 3.79. The summed E-state index contributed by atoms with van der Waals surface area (Å²) in [5.74, 6) is -0.105. The predicted molar refractivity (Wildman–Crippen MR) is 150 cm³/mol. The zero-order valence-corrected chi connectivity index (χ0v) is 23.5. The van der Waals surface area contributed by atoms with Crippen LogP contribution in [0, 0.1) is 23.6 Å². The van der Waals surface area contributed by atoms with Crippen LogP contribution in [0.4, 0.5) is 29.3 Å². The van der Waals surface area contributed by atoms with E-state index in [1.54, 1.807) is 0 Å². The van der Waals surface area contributed by atoms with Crippen LogP contribution in [0.5, 0.6) is 0 Å². The minimum Gasteiger partial charge on any atom is -0.475 e. The Morgan fingerprint density at radius 1 is 0.833 bits per heavy atom. The minimum absolute atomic E-state index is 0.0955. The summed E-state index contributed by atoms with van der Waals surface area (Å²) in [6.07, 6.45) is 1.47. The first-order valence-corrected chi connectivity index (χ1v) is 15.2. The number of rotatable bonds is 10. The van der Waals surface area contributed by atoms with Crippen LogP contribution in [0.3, 0.4) is 0 Å². The zero-order valence-electron chi connectivity index (χ0n) is 22.7. The number of anilines is 2. The lowest BCUT2D eigenvalue weighted by Crippen LogP contribution is -2.32. The molecule has 2 saturated carbocycles. The van der Waals surface area contributed by atoms with Crippen LogP contribution in [0.1, 0.15) is 38.5 Å². The molecule has 0 unspecified atom stereocenters. The van der Waals surface area contributed by atoms with Crippen LogP contribution in [-0.4, -0.2) is 55.3 Å². The number of hydrogen-bond acceptors (Lipinski definition) is 7. The van der Waals surface area contributed by atoms with Gasteiger partial charge < -0.3 is 15.7 Å². The number of carboxylic acid groups (broad SMARTS) is 1. The van der Waals surface area contributed by atoms with Gasteiger partial charge in [-0.15, -0.1) is 0 Å². The van der Waals surface area contributed by atoms with Gasteiger partial charge in [-0.2, -0.15) is 18.2 Å². The minimum atomic E-state index is -5.08. The third kappa shape index (κ3) is 9.24. The number of carbonyl (C=O) groups is 1. The van der Waals surface area contributed by atoms with Crippen LogP contribution >= 0.6 is 0 Å². The maximum Gasteiger partial charge on any atom is 0.490 e. The summed E-state index contributed by atoms with van der Waals surface area (Å²) in [5, 5.41) is 15.1. The van der Waals surface area contributed by atoms with E-state index in [0.29, 0.717) is 24.3 Å². The van der Waals surface area contributed by atoms with Crippen LogP contribution in [0.2, 0.25) is 0 Å². The van der Waals surface area contributed by atoms with Crippen molar-refractivity contribution in [2.75, 3.05) is 30.3 Å². The van der Waals surface area contributed by atoms with Crippen molar-refractivity contribution in [3.05, 3.63) is 54.3 Å². The summed E-state index contributed by atoms with van der Waals surface area (Å²) in [6, 6.07) is 13.0. The van der Waals surface area contributed by atoms with Gasteiger partial charge in [0.05, 0.1) is 10.4 Å². The molecule has 3 aromatic rings. The summed E-state index contributed by atoms with van der Waals surface area (Å²) < 4.78 is 72.4.